The number of nitrogen functional groups attached to an aromatic ring is 1. The highest BCUT2D eigenvalue weighted by Gasteiger charge is 2.04. The van der Waals surface area contributed by atoms with Crippen LogP contribution in [0.1, 0.15) is 0 Å². The van der Waals surface area contributed by atoms with E-state index in [-0.39, 0.29) is 5.82 Å². The lowest BCUT2D eigenvalue weighted by Crippen LogP contribution is -1.96. The second-order valence-corrected chi connectivity index (χ2v) is 3.10. The Balaban J connectivity index is 2.41. The summed E-state index contributed by atoms with van der Waals surface area (Å²) >= 11 is 0. The summed E-state index contributed by atoms with van der Waals surface area (Å²) in [5.41, 5.74) is 7.02. The number of aromatic nitrogens is 2. The van der Waals surface area contributed by atoms with Gasteiger partial charge < -0.3 is 11.1 Å². The monoisotopic (exact) mass is 206 g/mol. The molecule has 5 heteroatoms. The summed E-state index contributed by atoms with van der Waals surface area (Å²) < 4.78 is 14.3. The van der Waals surface area contributed by atoms with Crippen molar-refractivity contribution in [3.8, 4) is 5.69 Å². The average molecular weight is 206 g/mol. The van der Waals surface area contributed by atoms with Gasteiger partial charge in [-0.2, -0.15) is 0 Å². The van der Waals surface area contributed by atoms with Gasteiger partial charge in [-0.05, 0) is 24.3 Å². The number of benzene rings is 1. The fraction of sp³-hybridized carbons (Fsp3) is 0.100. The Hall–Kier alpha value is -2.04. The molecule has 15 heavy (non-hydrogen) atoms. The van der Waals surface area contributed by atoms with Crippen molar-refractivity contribution in [2.45, 2.75) is 0 Å². The Morgan fingerprint density at radius 3 is 2.53 bits per heavy atom. The van der Waals surface area contributed by atoms with E-state index in [4.69, 9.17) is 5.73 Å². The minimum atomic E-state index is -0.271. The molecule has 0 fully saturated rings. The quantitative estimate of drug-likeness (QED) is 0.785. The van der Waals surface area contributed by atoms with E-state index < -0.39 is 0 Å². The normalized spacial score (nSPS) is 10.3. The summed E-state index contributed by atoms with van der Waals surface area (Å²) in [7, 11) is 1.74. The summed E-state index contributed by atoms with van der Waals surface area (Å²) in [6, 6.07) is 6.04. The van der Waals surface area contributed by atoms with Gasteiger partial charge in [-0.25, -0.2) is 9.07 Å². The zero-order valence-corrected chi connectivity index (χ0v) is 8.24. The third-order valence-electron chi connectivity index (χ3n) is 2.07. The van der Waals surface area contributed by atoms with Crippen LogP contribution in [0.5, 0.6) is 0 Å². The maximum atomic E-state index is 12.7. The molecule has 0 aliphatic carbocycles. The molecule has 0 bridgehead atoms. The van der Waals surface area contributed by atoms with E-state index in [1.54, 1.807) is 30.1 Å². The Morgan fingerprint density at radius 1 is 1.33 bits per heavy atom. The summed E-state index contributed by atoms with van der Waals surface area (Å²) in [5, 5.41) is 7.05. The van der Waals surface area contributed by atoms with Gasteiger partial charge in [-0.15, -0.1) is 5.10 Å². The molecule has 0 unspecified atom stereocenters. The van der Waals surface area contributed by atoms with Crippen molar-refractivity contribution >= 4 is 11.5 Å². The first-order chi connectivity index (χ1) is 7.20. The lowest BCUT2D eigenvalue weighted by molar-refractivity contribution is 0.627. The highest BCUT2D eigenvalue weighted by Crippen LogP contribution is 2.17. The topological polar surface area (TPSA) is 55.9 Å². The first kappa shape index (κ1) is 9.51. The molecular formula is C10H11FN4. The molecule has 2 rings (SSSR count). The van der Waals surface area contributed by atoms with Crippen molar-refractivity contribution in [1.82, 2.24) is 9.78 Å². The smallest absolute Gasteiger partial charge is 0.171 e. The lowest BCUT2D eigenvalue weighted by atomic mass is 10.3. The van der Waals surface area contributed by atoms with Crippen molar-refractivity contribution < 1.29 is 4.39 Å². The number of nitrogens with two attached hydrogens (primary N) is 1. The summed E-state index contributed by atoms with van der Waals surface area (Å²) in [6.45, 7) is 0. The minimum absolute atomic E-state index is 0.271. The fourth-order valence-corrected chi connectivity index (χ4v) is 1.31. The van der Waals surface area contributed by atoms with Gasteiger partial charge in [0.15, 0.2) is 5.82 Å². The third-order valence-corrected chi connectivity index (χ3v) is 2.07. The molecule has 78 valence electrons. The summed E-state index contributed by atoms with van der Waals surface area (Å²) in [4.78, 5) is 0. The molecule has 0 atom stereocenters. The van der Waals surface area contributed by atoms with Crippen LogP contribution < -0.4 is 11.1 Å². The standard InChI is InChI=1S/C10H11FN4/c1-13-10-9(12)6-15(14-10)8-4-2-7(11)3-5-8/h2-6H,12H2,1H3,(H,13,14). The number of anilines is 2. The number of nitrogens with zero attached hydrogens (tertiary/aromatic N) is 2. The molecular weight excluding hydrogens is 195 g/mol. The van der Waals surface area contributed by atoms with Crippen molar-refractivity contribution in [3.05, 3.63) is 36.3 Å². The average Bonchev–Trinajstić information content (AvgIpc) is 2.61. The molecule has 0 saturated heterocycles. The predicted molar refractivity (Wildman–Crippen MR) is 57.5 cm³/mol. The van der Waals surface area contributed by atoms with Crippen LogP contribution in [-0.4, -0.2) is 16.8 Å². The van der Waals surface area contributed by atoms with Gasteiger partial charge in [0.1, 0.15) is 5.82 Å². The van der Waals surface area contributed by atoms with E-state index in [1.807, 2.05) is 0 Å². The molecule has 4 nitrogen and oxygen atoms in total. The van der Waals surface area contributed by atoms with Crippen molar-refractivity contribution in [1.29, 1.82) is 0 Å². The zero-order valence-electron chi connectivity index (χ0n) is 8.24. The molecule has 1 aromatic heterocycles. The summed E-state index contributed by atoms with van der Waals surface area (Å²) in [6.07, 6.45) is 1.68. The summed E-state index contributed by atoms with van der Waals surface area (Å²) in [5.74, 6) is 0.340. The van der Waals surface area contributed by atoms with E-state index in [0.717, 1.165) is 5.69 Å². The van der Waals surface area contributed by atoms with Crippen molar-refractivity contribution in [2.24, 2.45) is 0 Å². The van der Waals surface area contributed by atoms with Crippen LogP contribution in [0.4, 0.5) is 15.9 Å². The third kappa shape index (κ3) is 1.76. The maximum Gasteiger partial charge on any atom is 0.171 e. The van der Waals surface area contributed by atoms with E-state index >= 15 is 0 Å². The Labute approximate surface area is 86.5 Å². The fourth-order valence-electron chi connectivity index (χ4n) is 1.31. The first-order valence-electron chi connectivity index (χ1n) is 4.49. The lowest BCUT2D eigenvalue weighted by Gasteiger charge is -1.99. The van der Waals surface area contributed by atoms with Crippen molar-refractivity contribution in [3.63, 3.8) is 0 Å². The maximum absolute atomic E-state index is 12.7. The molecule has 2 aromatic rings. The van der Waals surface area contributed by atoms with Gasteiger partial charge in [0.2, 0.25) is 0 Å². The Morgan fingerprint density at radius 2 is 2.00 bits per heavy atom. The van der Waals surface area contributed by atoms with Gasteiger partial charge in [-0.3, -0.25) is 0 Å². The van der Waals surface area contributed by atoms with Gasteiger partial charge in [-0.1, -0.05) is 0 Å². The molecule has 1 aromatic carbocycles. The molecule has 0 saturated carbocycles. The van der Waals surface area contributed by atoms with E-state index in [0.29, 0.717) is 11.5 Å². The largest absolute Gasteiger partial charge is 0.394 e. The highest BCUT2D eigenvalue weighted by atomic mass is 19.1. The number of halogens is 1. The number of hydrogen-bond donors (Lipinski definition) is 2. The van der Waals surface area contributed by atoms with Gasteiger partial charge in [0.05, 0.1) is 17.6 Å². The van der Waals surface area contributed by atoms with E-state index in [9.17, 15) is 4.39 Å². The van der Waals surface area contributed by atoms with Crippen LogP contribution in [0.25, 0.3) is 5.69 Å². The molecule has 1 heterocycles. The number of rotatable bonds is 2. The molecule has 3 N–H and O–H groups in total. The predicted octanol–water partition coefficient (Wildman–Crippen LogP) is 1.64. The SMILES string of the molecule is CNc1nn(-c2ccc(F)cc2)cc1N. The Bertz CT molecular complexity index is 461. The second kappa shape index (κ2) is 3.61. The molecule has 0 amide bonds. The second-order valence-electron chi connectivity index (χ2n) is 3.10. The van der Waals surface area contributed by atoms with Gasteiger partial charge >= 0.3 is 0 Å². The van der Waals surface area contributed by atoms with Crippen LogP contribution in [0, 0.1) is 5.82 Å². The highest BCUT2D eigenvalue weighted by molar-refractivity contribution is 5.60. The van der Waals surface area contributed by atoms with Gasteiger partial charge in [0.25, 0.3) is 0 Å². The van der Waals surface area contributed by atoms with Crippen LogP contribution in [0.3, 0.4) is 0 Å². The molecule has 0 spiro atoms. The zero-order chi connectivity index (χ0) is 10.8. The van der Waals surface area contributed by atoms with Crippen LogP contribution in [0.2, 0.25) is 0 Å². The Kier molecular flexibility index (Phi) is 2.29. The molecule has 0 aliphatic heterocycles. The first-order valence-corrected chi connectivity index (χ1v) is 4.49. The van der Waals surface area contributed by atoms with E-state index in [2.05, 4.69) is 10.4 Å². The van der Waals surface area contributed by atoms with Crippen LogP contribution >= 0.6 is 0 Å². The molecule has 0 radical (unpaired) electrons. The van der Waals surface area contributed by atoms with E-state index in [1.165, 1.54) is 12.1 Å². The van der Waals surface area contributed by atoms with Gasteiger partial charge in [0, 0.05) is 7.05 Å². The number of nitrogens with one attached hydrogen (secondary N) is 1. The van der Waals surface area contributed by atoms with Crippen molar-refractivity contribution in [2.75, 3.05) is 18.1 Å². The number of hydrogen-bond acceptors (Lipinski definition) is 3. The molecule has 0 aliphatic rings. The minimum Gasteiger partial charge on any atom is -0.394 e. The van der Waals surface area contributed by atoms with Crippen LogP contribution in [-0.2, 0) is 0 Å². The van der Waals surface area contributed by atoms with Crippen LogP contribution in [0.15, 0.2) is 30.5 Å².